The average molecular weight is 591 g/mol. The molecule has 5 heteroatoms. The molecule has 0 aromatic heterocycles. The van der Waals surface area contributed by atoms with Gasteiger partial charge in [-0.05, 0) is 69.0 Å². The maximum Gasteiger partial charge on any atom is 0.647 e. The summed E-state index contributed by atoms with van der Waals surface area (Å²) in [5, 5.41) is 0. The molecule has 0 amide bonds. The van der Waals surface area contributed by atoms with Gasteiger partial charge in [0.1, 0.15) is 17.2 Å². The van der Waals surface area contributed by atoms with Gasteiger partial charge < -0.3 is 13.6 Å². The standard InChI is InChI=1S/C38H39O4P/c1-37(2,3)30-24-20-28(21-25-30)34-18-13-19-35(36(34)29-22-26-31(27-23-29)38(4,5)6)42-43(39,40-32-14-9-7-10-15-32)41-33-16-11-8-12-17-33/h7-27H,1-6H3. The Kier molecular flexibility index (Phi) is 8.53. The van der Waals surface area contributed by atoms with Crippen LogP contribution in [0.2, 0.25) is 0 Å². The number of phosphoric ester groups is 1. The summed E-state index contributed by atoms with van der Waals surface area (Å²) in [7, 11) is -4.21. The van der Waals surface area contributed by atoms with Gasteiger partial charge in [-0.2, -0.15) is 4.57 Å². The van der Waals surface area contributed by atoms with Crippen LogP contribution in [0.25, 0.3) is 22.3 Å². The number of benzene rings is 5. The van der Waals surface area contributed by atoms with Crippen LogP contribution in [0.5, 0.6) is 17.2 Å². The van der Waals surface area contributed by atoms with Crippen molar-refractivity contribution in [3.8, 4) is 39.5 Å². The summed E-state index contributed by atoms with van der Waals surface area (Å²) >= 11 is 0. The van der Waals surface area contributed by atoms with Gasteiger partial charge in [-0.25, -0.2) is 0 Å². The third-order valence-corrected chi connectivity index (χ3v) is 8.55. The Hall–Kier alpha value is -4.27. The van der Waals surface area contributed by atoms with Crippen LogP contribution in [-0.4, -0.2) is 0 Å². The second-order valence-electron chi connectivity index (χ2n) is 12.7. The highest BCUT2D eigenvalue weighted by Crippen LogP contribution is 2.53. The molecule has 0 heterocycles. The molecule has 0 aliphatic carbocycles. The lowest BCUT2D eigenvalue weighted by atomic mass is 9.84. The number of phosphoric acid groups is 1. The molecule has 4 nitrogen and oxygen atoms in total. The summed E-state index contributed by atoms with van der Waals surface area (Å²) in [4.78, 5) is 0. The summed E-state index contributed by atoms with van der Waals surface area (Å²) in [6, 6.07) is 40.7. The second-order valence-corrected chi connectivity index (χ2v) is 14.1. The normalized spacial score (nSPS) is 12.0. The summed E-state index contributed by atoms with van der Waals surface area (Å²) in [5.41, 5.74) is 6.22. The van der Waals surface area contributed by atoms with Crippen LogP contribution in [0, 0.1) is 0 Å². The number of rotatable bonds is 8. The van der Waals surface area contributed by atoms with E-state index in [4.69, 9.17) is 13.6 Å². The highest BCUT2D eigenvalue weighted by atomic mass is 31.2. The Labute approximate surface area is 255 Å². The third-order valence-electron chi connectivity index (χ3n) is 7.26. The van der Waals surface area contributed by atoms with Crippen molar-refractivity contribution in [1.29, 1.82) is 0 Å². The van der Waals surface area contributed by atoms with Gasteiger partial charge >= 0.3 is 7.82 Å². The molecule has 0 atom stereocenters. The SMILES string of the molecule is CC(C)(C)c1ccc(-c2cccc(OP(=O)(Oc3ccccc3)Oc3ccccc3)c2-c2ccc(C(C)(C)C)cc2)cc1. The van der Waals surface area contributed by atoms with Gasteiger partial charge in [0, 0.05) is 5.56 Å². The minimum absolute atomic E-state index is 0.00289. The van der Waals surface area contributed by atoms with Crippen molar-refractivity contribution < 1.29 is 18.1 Å². The predicted octanol–water partition coefficient (Wildman–Crippen LogP) is 11.3. The van der Waals surface area contributed by atoms with Crippen molar-refractivity contribution in [3.05, 3.63) is 139 Å². The van der Waals surface area contributed by atoms with E-state index in [1.54, 1.807) is 24.3 Å². The Bertz CT molecular complexity index is 1650. The Morgan fingerprint density at radius 3 is 1.35 bits per heavy atom. The van der Waals surface area contributed by atoms with Gasteiger partial charge in [-0.3, -0.25) is 0 Å². The lowest BCUT2D eigenvalue weighted by Crippen LogP contribution is -2.11. The van der Waals surface area contributed by atoms with Crippen molar-refractivity contribution in [2.75, 3.05) is 0 Å². The van der Waals surface area contributed by atoms with Crippen LogP contribution >= 0.6 is 7.82 Å². The zero-order valence-electron chi connectivity index (χ0n) is 25.7. The van der Waals surface area contributed by atoms with Crippen LogP contribution in [0.15, 0.2) is 127 Å². The minimum Gasteiger partial charge on any atom is -0.386 e. The molecule has 0 N–H and O–H groups in total. The quantitative estimate of drug-likeness (QED) is 0.169. The van der Waals surface area contributed by atoms with E-state index in [2.05, 4.69) is 96.1 Å². The zero-order chi connectivity index (χ0) is 30.7. The first-order chi connectivity index (χ1) is 20.4. The van der Waals surface area contributed by atoms with Crippen molar-refractivity contribution in [3.63, 3.8) is 0 Å². The van der Waals surface area contributed by atoms with Crippen LogP contribution in [0.1, 0.15) is 52.7 Å². The molecule has 5 aromatic rings. The van der Waals surface area contributed by atoms with Crippen molar-refractivity contribution in [1.82, 2.24) is 0 Å². The molecule has 0 radical (unpaired) electrons. The molecular formula is C38H39O4P. The number of hydrogen-bond donors (Lipinski definition) is 0. The predicted molar refractivity (Wildman–Crippen MR) is 177 cm³/mol. The van der Waals surface area contributed by atoms with Gasteiger partial charge in [0.05, 0.1) is 0 Å². The largest absolute Gasteiger partial charge is 0.647 e. The van der Waals surface area contributed by atoms with Gasteiger partial charge in [-0.1, -0.05) is 139 Å². The van der Waals surface area contributed by atoms with Crippen molar-refractivity contribution in [2.45, 2.75) is 52.4 Å². The van der Waals surface area contributed by atoms with Crippen LogP contribution < -0.4 is 13.6 Å². The first-order valence-electron chi connectivity index (χ1n) is 14.6. The topological polar surface area (TPSA) is 44.8 Å². The molecule has 0 saturated heterocycles. The lowest BCUT2D eigenvalue weighted by molar-refractivity contribution is 0.299. The molecule has 0 unspecified atom stereocenters. The molecule has 0 saturated carbocycles. The summed E-state index contributed by atoms with van der Waals surface area (Å²) < 4.78 is 32.7. The molecular weight excluding hydrogens is 551 g/mol. The smallest absolute Gasteiger partial charge is 0.386 e. The molecule has 0 bridgehead atoms. The monoisotopic (exact) mass is 590 g/mol. The number of hydrogen-bond acceptors (Lipinski definition) is 4. The lowest BCUT2D eigenvalue weighted by Gasteiger charge is -2.23. The van der Waals surface area contributed by atoms with Crippen LogP contribution in [0.4, 0.5) is 0 Å². The van der Waals surface area contributed by atoms with E-state index < -0.39 is 7.82 Å². The zero-order valence-corrected chi connectivity index (χ0v) is 26.6. The maximum atomic E-state index is 14.4. The van der Waals surface area contributed by atoms with Gasteiger partial charge in [0.15, 0.2) is 0 Å². The molecule has 220 valence electrons. The fourth-order valence-corrected chi connectivity index (χ4v) is 6.09. The van der Waals surface area contributed by atoms with E-state index in [1.807, 2.05) is 48.5 Å². The second kappa shape index (κ2) is 12.1. The van der Waals surface area contributed by atoms with E-state index in [1.165, 1.54) is 11.1 Å². The fraction of sp³-hybridized carbons (Fsp3) is 0.211. The Balaban J connectivity index is 1.64. The first-order valence-corrected chi connectivity index (χ1v) is 16.0. The highest BCUT2D eigenvalue weighted by Gasteiger charge is 2.35. The minimum atomic E-state index is -4.21. The molecule has 0 aliphatic heterocycles. The summed E-state index contributed by atoms with van der Waals surface area (Å²) in [6.07, 6.45) is 0. The molecule has 5 aromatic carbocycles. The van der Waals surface area contributed by atoms with E-state index >= 15 is 0 Å². The van der Waals surface area contributed by atoms with E-state index in [0.717, 1.165) is 22.3 Å². The van der Waals surface area contributed by atoms with Gasteiger partial charge in [0.25, 0.3) is 0 Å². The van der Waals surface area contributed by atoms with Crippen molar-refractivity contribution in [2.24, 2.45) is 0 Å². The van der Waals surface area contributed by atoms with Crippen molar-refractivity contribution >= 4 is 7.82 Å². The van der Waals surface area contributed by atoms with E-state index in [0.29, 0.717) is 17.2 Å². The molecule has 43 heavy (non-hydrogen) atoms. The van der Waals surface area contributed by atoms with Crippen LogP contribution in [-0.2, 0) is 15.4 Å². The molecule has 5 rings (SSSR count). The highest BCUT2D eigenvalue weighted by molar-refractivity contribution is 7.49. The van der Waals surface area contributed by atoms with Gasteiger partial charge in [0.2, 0.25) is 0 Å². The Morgan fingerprint density at radius 1 is 0.465 bits per heavy atom. The first kappa shape index (κ1) is 30.2. The summed E-state index contributed by atoms with van der Waals surface area (Å²) in [6.45, 7) is 13.2. The van der Waals surface area contributed by atoms with E-state index in [-0.39, 0.29) is 10.8 Å². The number of para-hydroxylation sites is 2. The molecule has 0 spiro atoms. The van der Waals surface area contributed by atoms with Gasteiger partial charge in [-0.15, -0.1) is 0 Å². The molecule has 0 aliphatic rings. The Morgan fingerprint density at radius 2 is 0.907 bits per heavy atom. The fourth-order valence-electron chi connectivity index (χ4n) is 4.83. The third kappa shape index (κ3) is 7.39. The molecule has 0 fully saturated rings. The van der Waals surface area contributed by atoms with Crippen LogP contribution in [0.3, 0.4) is 0 Å². The summed E-state index contributed by atoms with van der Waals surface area (Å²) in [5.74, 6) is 1.16. The van der Waals surface area contributed by atoms with E-state index in [9.17, 15) is 4.57 Å². The maximum absolute atomic E-state index is 14.4. The average Bonchev–Trinajstić information content (AvgIpc) is 2.97.